The Bertz CT molecular complexity index is 850. The maximum absolute atomic E-state index is 13.4. The fourth-order valence-corrected chi connectivity index (χ4v) is 4.37. The maximum Gasteiger partial charge on any atom is 0.249 e. The molecule has 1 aliphatic heterocycles. The third-order valence-corrected chi connectivity index (χ3v) is 5.76. The molecule has 0 spiro atoms. The van der Waals surface area contributed by atoms with Gasteiger partial charge in [0.1, 0.15) is 19.0 Å². The number of rotatable bonds is 7. The number of nitrogens with zero attached hydrogens (tertiary/aromatic N) is 2. The third kappa shape index (κ3) is 4.31. The Labute approximate surface area is 168 Å². The first-order valence-corrected chi connectivity index (χ1v) is 9.92. The molecule has 1 atom stereocenters. The first kappa shape index (κ1) is 20.2. The Morgan fingerprint density at radius 1 is 1.36 bits per heavy atom. The topological polar surface area (TPSA) is 49.9 Å². The van der Waals surface area contributed by atoms with Gasteiger partial charge < -0.3 is 14.5 Å². The second-order valence-corrected chi connectivity index (χ2v) is 7.59. The highest BCUT2D eigenvalue weighted by atomic mass is 32.1. The fourth-order valence-electron chi connectivity index (χ4n) is 3.47. The number of carbonyl (C=O) groups excluding carboxylic acids is 2. The van der Waals surface area contributed by atoms with Gasteiger partial charge in [-0.25, -0.2) is 4.39 Å². The lowest BCUT2D eigenvalue weighted by Crippen LogP contribution is -2.47. The Morgan fingerprint density at radius 2 is 2.11 bits per heavy atom. The minimum atomic E-state index is -0.315. The number of fused-ring (bicyclic) bond motifs is 1. The van der Waals surface area contributed by atoms with Crippen molar-refractivity contribution in [3.05, 3.63) is 70.2 Å². The molecule has 2 heterocycles. The molecular formula is C21H23FN2O3S. The van der Waals surface area contributed by atoms with E-state index in [1.54, 1.807) is 34.4 Å². The van der Waals surface area contributed by atoms with E-state index in [1.165, 1.54) is 29.0 Å². The number of amides is 2. The number of carbonyl (C=O) groups is 2. The van der Waals surface area contributed by atoms with E-state index in [0.717, 1.165) is 17.5 Å². The van der Waals surface area contributed by atoms with Gasteiger partial charge in [0, 0.05) is 25.1 Å². The second kappa shape index (κ2) is 9.12. The van der Waals surface area contributed by atoms with Gasteiger partial charge in [0.15, 0.2) is 0 Å². The Balaban J connectivity index is 1.87. The molecule has 0 bridgehead atoms. The van der Waals surface area contributed by atoms with E-state index in [0.29, 0.717) is 6.54 Å². The first-order chi connectivity index (χ1) is 13.5. The molecule has 5 nitrogen and oxygen atoms in total. The van der Waals surface area contributed by atoms with Crippen molar-refractivity contribution >= 4 is 23.2 Å². The zero-order chi connectivity index (χ0) is 20.1. The summed E-state index contributed by atoms with van der Waals surface area (Å²) in [6.45, 7) is 4.35. The van der Waals surface area contributed by atoms with Crippen LogP contribution in [0, 0.1) is 5.82 Å². The quantitative estimate of drug-likeness (QED) is 0.669. The van der Waals surface area contributed by atoms with Crippen LogP contribution in [0.4, 0.5) is 4.39 Å². The molecule has 0 radical (unpaired) electrons. The second-order valence-electron chi connectivity index (χ2n) is 6.59. The van der Waals surface area contributed by atoms with Crippen LogP contribution >= 0.6 is 11.3 Å². The predicted molar refractivity (Wildman–Crippen MR) is 107 cm³/mol. The van der Waals surface area contributed by atoms with Crippen LogP contribution in [0.25, 0.3) is 0 Å². The normalized spacial score (nSPS) is 15.8. The van der Waals surface area contributed by atoms with Crippen LogP contribution in [0.1, 0.15) is 22.0 Å². The average molecular weight is 402 g/mol. The number of benzene rings is 1. The van der Waals surface area contributed by atoms with Crippen LogP contribution in [0.2, 0.25) is 0 Å². The van der Waals surface area contributed by atoms with Gasteiger partial charge >= 0.3 is 0 Å². The van der Waals surface area contributed by atoms with Crippen molar-refractivity contribution in [3.8, 4) is 0 Å². The number of methoxy groups -OCH3 is 1. The van der Waals surface area contributed by atoms with Crippen molar-refractivity contribution in [2.24, 2.45) is 0 Å². The van der Waals surface area contributed by atoms with Crippen LogP contribution in [0.3, 0.4) is 0 Å². The summed E-state index contributed by atoms with van der Waals surface area (Å²) in [5, 5.41) is 2.02. The summed E-state index contributed by atoms with van der Waals surface area (Å²) in [6, 6.07) is 7.97. The summed E-state index contributed by atoms with van der Waals surface area (Å²) in [7, 11) is 1.44. The van der Waals surface area contributed by atoms with Crippen molar-refractivity contribution in [2.75, 3.05) is 33.4 Å². The number of hydrogen-bond donors (Lipinski definition) is 0. The molecule has 1 aromatic heterocycles. The van der Waals surface area contributed by atoms with Gasteiger partial charge in [0.25, 0.3) is 0 Å². The third-order valence-electron chi connectivity index (χ3n) is 4.77. The molecule has 0 saturated carbocycles. The van der Waals surface area contributed by atoms with Crippen LogP contribution in [-0.2, 0) is 20.7 Å². The Kier molecular flexibility index (Phi) is 6.59. The predicted octanol–water partition coefficient (Wildman–Crippen LogP) is 3.02. The first-order valence-electron chi connectivity index (χ1n) is 9.04. The number of halogens is 1. The Morgan fingerprint density at radius 3 is 2.79 bits per heavy atom. The summed E-state index contributed by atoms with van der Waals surface area (Å²) in [6.07, 6.45) is 2.36. The molecule has 28 heavy (non-hydrogen) atoms. The molecule has 3 rings (SSSR count). The minimum absolute atomic E-state index is 0.0502. The van der Waals surface area contributed by atoms with Crippen molar-refractivity contribution < 1.29 is 18.7 Å². The van der Waals surface area contributed by atoms with E-state index in [4.69, 9.17) is 4.74 Å². The lowest BCUT2D eigenvalue weighted by Gasteiger charge is -2.37. The van der Waals surface area contributed by atoms with Crippen LogP contribution < -0.4 is 0 Å². The summed E-state index contributed by atoms with van der Waals surface area (Å²) >= 11 is 1.67. The van der Waals surface area contributed by atoms with E-state index >= 15 is 0 Å². The highest BCUT2D eigenvalue weighted by Gasteiger charge is 2.33. The standard InChI is InChI=1S/C21H23FN2O3S/c1-3-10-23(20(26)14-27-2)13-19(25)24-11-8-18-17(9-12-28-18)21(24)15-4-6-16(22)7-5-15/h3-7,9,12,21H,1,8,10-11,13-14H2,2H3/t21-/m0/s1. The number of thiophene rings is 1. The molecule has 0 saturated heterocycles. The van der Waals surface area contributed by atoms with E-state index in [9.17, 15) is 14.0 Å². The van der Waals surface area contributed by atoms with Gasteiger partial charge in [-0.05, 0) is 41.1 Å². The van der Waals surface area contributed by atoms with Crippen molar-refractivity contribution in [3.63, 3.8) is 0 Å². The average Bonchev–Trinajstić information content (AvgIpc) is 3.16. The highest BCUT2D eigenvalue weighted by Crippen LogP contribution is 2.37. The molecule has 0 N–H and O–H groups in total. The molecular weight excluding hydrogens is 379 g/mol. The molecule has 0 aliphatic carbocycles. The largest absolute Gasteiger partial charge is 0.375 e. The van der Waals surface area contributed by atoms with Gasteiger partial charge in [0.05, 0.1) is 6.04 Å². The fraction of sp³-hybridized carbons (Fsp3) is 0.333. The van der Waals surface area contributed by atoms with Crippen LogP contribution in [0.15, 0.2) is 48.4 Å². The molecule has 0 fully saturated rings. The molecule has 1 aromatic carbocycles. The highest BCUT2D eigenvalue weighted by molar-refractivity contribution is 7.10. The van der Waals surface area contributed by atoms with Crippen molar-refractivity contribution in [1.29, 1.82) is 0 Å². The van der Waals surface area contributed by atoms with Crippen LogP contribution in [-0.4, -0.2) is 55.0 Å². The summed E-state index contributed by atoms with van der Waals surface area (Å²) in [5.74, 6) is -0.731. The molecule has 7 heteroatoms. The summed E-state index contributed by atoms with van der Waals surface area (Å²) in [5.41, 5.74) is 1.92. The molecule has 2 aromatic rings. The summed E-state index contributed by atoms with van der Waals surface area (Å²) in [4.78, 5) is 29.8. The van der Waals surface area contributed by atoms with Gasteiger partial charge in [-0.1, -0.05) is 18.2 Å². The van der Waals surface area contributed by atoms with Crippen molar-refractivity contribution in [2.45, 2.75) is 12.5 Å². The molecule has 1 aliphatic rings. The monoisotopic (exact) mass is 402 g/mol. The minimum Gasteiger partial charge on any atom is -0.375 e. The zero-order valence-corrected chi connectivity index (χ0v) is 16.6. The molecule has 148 valence electrons. The molecule has 0 unspecified atom stereocenters. The molecule has 2 amide bonds. The van der Waals surface area contributed by atoms with E-state index in [1.807, 2.05) is 11.4 Å². The van der Waals surface area contributed by atoms with E-state index in [-0.39, 0.29) is 43.4 Å². The lowest BCUT2D eigenvalue weighted by molar-refractivity contribution is -0.143. The smallest absolute Gasteiger partial charge is 0.249 e. The van der Waals surface area contributed by atoms with Gasteiger partial charge in [-0.2, -0.15) is 0 Å². The van der Waals surface area contributed by atoms with Gasteiger partial charge in [0.2, 0.25) is 11.8 Å². The van der Waals surface area contributed by atoms with Crippen LogP contribution in [0.5, 0.6) is 0 Å². The van der Waals surface area contributed by atoms with Gasteiger partial charge in [-0.15, -0.1) is 17.9 Å². The van der Waals surface area contributed by atoms with E-state index in [2.05, 4.69) is 6.58 Å². The SMILES string of the molecule is C=CCN(CC(=O)N1CCc2sccc2[C@@H]1c1ccc(F)cc1)C(=O)COC. The number of hydrogen-bond acceptors (Lipinski definition) is 4. The zero-order valence-electron chi connectivity index (χ0n) is 15.8. The number of ether oxygens (including phenoxy) is 1. The van der Waals surface area contributed by atoms with E-state index < -0.39 is 0 Å². The Hall–Kier alpha value is -2.51. The summed E-state index contributed by atoms with van der Waals surface area (Å²) < 4.78 is 18.3. The van der Waals surface area contributed by atoms with Crippen molar-refractivity contribution in [1.82, 2.24) is 9.80 Å². The maximum atomic E-state index is 13.4. The lowest BCUT2D eigenvalue weighted by atomic mass is 9.93. The van der Waals surface area contributed by atoms with Gasteiger partial charge in [-0.3, -0.25) is 9.59 Å².